The number of aliphatic hydroxyl groups excluding tert-OH is 7. The van der Waals surface area contributed by atoms with Gasteiger partial charge >= 0.3 is 0 Å². The lowest BCUT2D eigenvalue weighted by Gasteiger charge is -2.46. The summed E-state index contributed by atoms with van der Waals surface area (Å²) in [5.74, 6) is -0.672. The molecule has 0 unspecified atom stereocenters. The first-order valence-corrected chi connectivity index (χ1v) is 9.92. The number of nitrogens with two attached hydrogens (primary N) is 1. The molecule has 13 nitrogen and oxygen atoms in total. The molecule has 0 spiro atoms. The molecule has 1 amide bonds. The SMILES string of the molecule is Nc1ccc(C(=O)N[C@@H]2[C@H](O[C@H]3O[C@H](CO)[C@H](O)[C@H](O)[C@H]3O)O[C@H](CO)[C@@H](O)[C@@H]2O)cc1. The number of rotatable bonds is 6. The van der Waals surface area contributed by atoms with Gasteiger partial charge in [0.1, 0.15) is 48.8 Å². The van der Waals surface area contributed by atoms with Crippen LogP contribution in [0.5, 0.6) is 0 Å². The highest BCUT2D eigenvalue weighted by atomic mass is 16.8. The van der Waals surface area contributed by atoms with E-state index in [0.717, 1.165) is 0 Å². The summed E-state index contributed by atoms with van der Waals surface area (Å²) in [4.78, 5) is 12.6. The molecule has 2 saturated heterocycles. The smallest absolute Gasteiger partial charge is 0.251 e. The molecule has 2 fully saturated rings. The highest BCUT2D eigenvalue weighted by Crippen LogP contribution is 2.28. The zero-order valence-corrected chi connectivity index (χ0v) is 16.8. The lowest BCUT2D eigenvalue weighted by molar-refractivity contribution is -0.362. The van der Waals surface area contributed by atoms with E-state index in [2.05, 4.69) is 5.32 Å². The molecule has 0 radical (unpaired) electrons. The Labute approximate surface area is 182 Å². The minimum absolute atomic E-state index is 0.178. The van der Waals surface area contributed by atoms with Crippen molar-refractivity contribution in [2.24, 2.45) is 0 Å². The number of nitrogens with one attached hydrogen (secondary N) is 1. The average Bonchev–Trinajstić information content (AvgIpc) is 2.79. The van der Waals surface area contributed by atoms with Crippen LogP contribution in [0.4, 0.5) is 5.69 Å². The Hall–Kier alpha value is -1.91. The van der Waals surface area contributed by atoms with E-state index in [1.807, 2.05) is 0 Å². The predicted molar refractivity (Wildman–Crippen MR) is 105 cm³/mol. The molecule has 10 atom stereocenters. The number of hydrogen-bond acceptors (Lipinski definition) is 12. The Morgan fingerprint density at radius 3 is 1.94 bits per heavy atom. The van der Waals surface area contributed by atoms with E-state index in [0.29, 0.717) is 5.69 Å². The first-order chi connectivity index (χ1) is 15.2. The number of benzene rings is 1. The molecule has 3 rings (SSSR count). The second-order valence-electron chi connectivity index (χ2n) is 7.66. The second kappa shape index (κ2) is 10.4. The summed E-state index contributed by atoms with van der Waals surface area (Å²) in [7, 11) is 0. The molecule has 10 N–H and O–H groups in total. The van der Waals surface area contributed by atoms with Crippen molar-refractivity contribution in [2.75, 3.05) is 18.9 Å². The number of carbonyl (C=O) groups excluding carboxylic acids is 1. The van der Waals surface area contributed by atoms with Crippen LogP contribution in [-0.4, -0.2) is 116 Å². The average molecular weight is 460 g/mol. The minimum Gasteiger partial charge on any atom is -0.399 e. The molecule has 0 aliphatic carbocycles. The summed E-state index contributed by atoms with van der Waals surface area (Å²) in [5, 5.41) is 72.1. The number of amides is 1. The van der Waals surface area contributed by atoms with Gasteiger partial charge in [-0.2, -0.15) is 0 Å². The zero-order valence-electron chi connectivity index (χ0n) is 16.8. The van der Waals surface area contributed by atoms with Gasteiger partial charge in [0, 0.05) is 11.3 Å². The first-order valence-electron chi connectivity index (χ1n) is 9.92. The third-order valence-corrected chi connectivity index (χ3v) is 5.47. The zero-order chi connectivity index (χ0) is 23.6. The summed E-state index contributed by atoms with van der Waals surface area (Å²) >= 11 is 0. The highest BCUT2D eigenvalue weighted by Gasteiger charge is 2.50. The van der Waals surface area contributed by atoms with Crippen molar-refractivity contribution in [1.82, 2.24) is 5.32 Å². The van der Waals surface area contributed by atoms with Crippen LogP contribution in [0.2, 0.25) is 0 Å². The molecular formula is C19H28N2O11. The van der Waals surface area contributed by atoms with Crippen LogP contribution >= 0.6 is 0 Å². The fraction of sp³-hybridized carbons (Fsp3) is 0.632. The largest absolute Gasteiger partial charge is 0.399 e. The second-order valence-corrected chi connectivity index (χ2v) is 7.66. The molecule has 32 heavy (non-hydrogen) atoms. The molecule has 1 aromatic carbocycles. The summed E-state index contributed by atoms with van der Waals surface area (Å²) in [6.45, 7) is -1.40. The van der Waals surface area contributed by atoms with Gasteiger partial charge in [0.15, 0.2) is 12.6 Å². The van der Waals surface area contributed by atoms with Crippen LogP contribution in [0.25, 0.3) is 0 Å². The van der Waals surface area contributed by atoms with E-state index >= 15 is 0 Å². The van der Waals surface area contributed by atoms with Crippen LogP contribution in [0.1, 0.15) is 10.4 Å². The number of nitrogen functional groups attached to an aromatic ring is 1. The summed E-state index contributed by atoms with van der Waals surface area (Å²) < 4.78 is 16.2. The molecule has 2 heterocycles. The van der Waals surface area contributed by atoms with E-state index in [1.165, 1.54) is 24.3 Å². The van der Waals surface area contributed by atoms with E-state index in [1.54, 1.807) is 0 Å². The van der Waals surface area contributed by atoms with Crippen molar-refractivity contribution in [3.8, 4) is 0 Å². The third kappa shape index (κ3) is 5.02. The topological polar surface area (TPSA) is 224 Å². The van der Waals surface area contributed by atoms with Gasteiger partial charge in [-0.1, -0.05) is 0 Å². The number of anilines is 1. The van der Waals surface area contributed by atoms with E-state index in [9.17, 15) is 40.5 Å². The number of ether oxygens (including phenoxy) is 3. The lowest BCUT2D eigenvalue weighted by Crippen LogP contribution is -2.67. The van der Waals surface area contributed by atoms with Crippen molar-refractivity contribution in [3.63, 3.8) is 0 Å². The molecule has 0 aromatic heterocycles. The molecule has 2 aliphatic heterocycles. The standard InChI is InChI=1S/C19H28N2O11/c20-8-3-1-7(2-4-8)17(29)21-11-14(26)12(24)9(5-22)30-18(11)32-19-16(28)15(27)13(25)10(6-23)31-19/h1-4,9-16,18-19,22-28H,5-6,20H2,(H,21,29)/t9-,10-,11+,12-,13+,14-,15+,16-,18+,19-/m1/s1. The van der Waals surface area contributed by atoms with Crippen LogP contribution in [0, 0.1) is 0 Å². The van der Waals surface area contributed by atoms with Gasteiger partial charge in [0.05, 0.1) is 13.2 Å². The minimum atomic E-state index is -1.78. The fourth-order valence-electron chi connectivity index (χ4n) is 3.53. The number of carbonyl (C=O) groups is 1. The monoisotopic (exact) mass is 460 g/mol. The Balaban J connectivity index is 1.81. The van der Waals surface area contributed by atoms with E-state index in [4.69, 9.17) is 19.9 Å². The Kier molecular flexibility index (Phi) is 8.00. The Bertz CT molecular complexity index is 764. The molecule has 0 bridgehead atoms. The molecule has 1 aromatic rings. The van der Waals surface area contributed by atoms with Crippen LogP contribution in [-0.2, 0) is 14.2 Å². The molecule has 2 aliphatic rings. The van der Waals surface area contributed by atoms with Gasteiger partial charge in [-0.25, -0.2) is 0 Å². The van der Waals surface area contributed by atoms with Gasteiger partial charge in [0.2, 0.25) is 0 Å². The van der Waals surface area contributed by atoms with Gasteiger partial charge < -0.3 is 61.0 Å². The Morgan fingerprint density at radius 2 is 1.38 bits per heavy atom. The van der Waals surface area contributed by atoms with Gasteiger partial charge in [-0.3, -0.25) is 4.79 Å². The summed E-state index contributed by atoms with van der Waals surface area (Å²) in [6, 6.07) is 4.44. The molecule has 0 saturated carbocycles. The molecule has 13 heteroatoms. The maximum absolute atomic E-state index is 12.6. The van der Waals surface area contributed by atoms with Crippen molar-refractivity contribution in [3.05, 3.63) is 29.8 Å². The van der Waals surface area contributed by atoms with Crippen molar-refractivity contribution in [1.29, 1.82) is 0 Å². The van der Waals surface area contributed by atoms with Crippen molar-refractivity contribution < 1.29 is 54.8 Å². The first kappa shape index (κ1) is 24.7. The van der Waals surface area contributed by atoms with Crippen molar-refractivity contribution in [2.45, 2.75) is 61.3 Å². The third-order valence-electron chi connectivity index (χ3n) is 5.47. The van der Waals surface area contributed by atoms with Crippen LogP contribution < -0.4 is 11.1 Å². The predicted octanol–water partition coefficient (Wildman–Crippen LogP) is -4.38. The van der Waals surface area contributed by atoms with E-state index in [-0.39, 0.29) is 5.56 Å². The normalized spacial score (nSPS) is 40.1. The van der Waals surface area contributed by atoms with Gasteiger partial charge in [-0.15, -0.1) is 0 Å². The fourth-order valence-corrected chi connectivity index (χ4v) is 3.53. The maximum Gasteiger partial charge on any atom is 0.251 e. The number of hydrogen-bond donors (Lipinski definition) is 9. The number of aliphatic hydroxyl groups is 7. The molecule has 180 valence electrons. The van der Waals surface area contributed by atoms with Crippen LogP contribution in [0.3, 0.4) is 0 Å². The van der Waals surface area contributed by atoms with E-state index < -0.39 is 80.5 Å². The van der Waals surface area contributed by atoms with Crippen LogP contribution in [0.15, 0.2) is 24.3 Å². The van der Waals surface area contributed by atoms with Gasteiger partial charge in [0.25, 0.3) is 5.91 Å². The molecular weight excluding hydrogens is 432 g/mol. The summed E-state index contributed by atoms with van der Waals surface area (Å²) in [5.41, 5.74) is 6.20. The van der Waals surface area contributed by atoms with Crippen molar-refractivity contribution >= 4 is 11.6 Å². The highest BCUT2D eigenvalue weighted by molar-refractivity contribution is 5.94. The summed E-state index contributed by atoms with van der Waals surface area (Å²) in [6.07, 6.45) is -14.2. The quantitative estimate of drug-likeness (QED) is 0.184. The van der Waals surface area contributed by atoms with Gasteiger partial charge in [-0.05, 0) is 24.3 Å². The lowest BCUT2D eigenvalue weighted by atomic mass is 9.96. The maximum atomic E-state index is 12.6. The Morgan fingerprint density at radius 1 is 0.844 bits per heavy atom.